The predicted octanol–water partition coefficient (Wildman–Crippen LogP) is 1.22. The van der Waals surface area contributed by atoms with Crippen molar-refractivity contribution in [3.63, 3.8) is 0 Å². The minimum Gasteiger partial charge on any atom is -0.287 e. The van der Waals surface area contributed by atoms with E-state index in [2.05, 4.69) is 4.99 Å². The Morgan fingerprint density at radius 2 is 2.57 bits per heavy atom. The summed E-state index contributed by atoms with van der Waals surface area (Å²) in [6.45, 7) is 0. The predicted molar refractivity (Wildman–Crippen MR) is 30.1 cm³/mol. The number of hydrogen-bond acceptors (Lipinski definition) is 1. The lowest BCUT2D eigenvalue weighted by molar-refractivity contribution is 0.900. The Morgan fingerprint density at radius 1 is 1.71 bits per heavy atom. The van der Waals surface area contributed by atoms with Crippen LogP contribution >= 0.6 is 0 Å². The Kier molecular flexibility index (Phi) is 1.20. The number of nitrogens with zero attached hydrogens (tertiary/aromatic N) is 1. The van der Waals surface area contributed by atoms with Crippen molar-refractivity contribution in [1.29, 1.82) is 5.41 Å². The van der Waals surface area contributed by atoms with Crippen LogP contribution in [0.25, 0.3) is 0 Å². The van der Waals surface area contributed by atoms with Crippen molar-refractivity contribution in [2.45, 2.75) is 19.3 Å². The molecule has 0 saturated carbocycles. The highest BCUT2D eigenvalue weighted by atomic mass is 14.8. The first-order chi connectivity index (χ1) is 3.39. The van der Waals surface area contributed by atoms with E-state index < -0.39 is 0 Å². The normalized spacial score (nSPS) is 20.3. The second-order valence-electron chi connectivity index (χ2n) is 1.65. The van der Waals surface area contributed by atoms with Crippen LogP contribution in [0.5, 0.6) is 0 Å². The first-order valence-corrected chi connectivity index (χ1v) is 2.49. The fraction of sp³-hybridized carbons (Fsp3) is 0.600. The molecule has 7 heavy (non-hydrogen) atoms. The summed E-state index contributed by atoms with van der Waals surface area (Å²) < 4.78 is 0. The lowest BCUT2D eigenvalue weighted by Gasteiger charge is -1.99. The Morgan fingerprint density at radius 3 is 2.86 bits per heavy atom. The number of amidine groups is 1. The third-order valence-electron chi connectivity index (χ3n) is 0.994. The molecule has 1 aliphatic rings. The summed E-state index contributed by atoms with van der Waals surface area (Å²) in [5.41, 5.74) is 0. The van der Waals surface area contributed by atoms with E-state index in [4.69, 9.17) is 5.41 Å². The molecule has 1 heterocycles. The molecule has 0 amide bonds. The maximum atomic E-state index is 6.99. The summed E-state index contributed by atoms with van der Waals surface area (Å²) in [5.74, 6) is 0.534. The van der Waals surface area contributed by atoms with Crippen LogP contribution in [0, 0.1) is 5.41 Å². The molecular weight excluding hydrogens is 88.1 g/mol. The molecule has 0 aromatic rings. The Labute approximate surface area is 42.8 Å². The number of rotatable bonds is 0. The van der Waals surface area contributed by atoms with Crippen molar-refractivity contribution in [2.75, 3.05) is 0 Å². The maximum absolute atomic E-state index is 6.99. The molecule has 0 fully saturated rings. The van der Waals surface area contributed by atoms with Gasteiger partial charge in [-0.25, -0.2) is 4.99 Å². The van der Waals surface area contributed by atoms with Gasteiger partial charge in [0.25, 0.3) is 0 Å². The van der Waals surface area contributed by atoms with Gasteiger partial charge in [0, 0.05) is 12.6 Å². The van der Waals surface area contributed by atoms with Crippen LogP contribution in [0.1, 0.15) is 19.3 Å². The summed E-state index contributed by atoms with van der Waals surface area (Å²) in [6, 6.07) is 0. The number of aliphatic imine (C=N–C) groups is 1. The first-order valence-electron chi connectivity index (χ1n) is 2.49. The van der Waals surface area contributed by atoms with Crippen molar-refractivity contribution < 1.29 is 0 Å². The molecule has 0 aromatic heterocycles. The van der Waals surface area contributed by atoms with Gasteiger partial charge in [-0.3, -0.25) is 5.41 Å². The second kappa shape index (κ2) is 1.87. The average Bonchev–Trinajstić information content (AvgIpc) is 1.69. The highest BCUT2D eigenvalue weighted by molar-refractivity contribution is 5.89. The summed E-state index contributed by atoms with van der Waals surface area (Å²) >= 11 is 0. The maximum Gasteiger partial charge on any atom is 0.120 e. The van der Waals surface area contributed by atoms with E-state index in [0.29, 0.717) is 5.84 Å². The topological polar surface area (TPSA) is 36.2 Å². The first kappa shape index (κ1) is 4.50. The van der Waals surface area contributed by atoms with E-state index in [1.54, 1.807) is 0 Å². The van der Waals surface area contributed by atoms with E-state index in [9.17, 15) is 0 Å². The zero-order valence-corrected chi connectivity index (χ0v) is 4.15. The highest BCUT2D eigenvalue weighted by Crippen LogP contribution is 2.00. The van der Waals surface area contributed by atoms with E-state index in [0.717, 1.165) is 19.3 Å². The number of nitrogens with one attached hydrogen (secondary N) is 1. The molecule has 0 atom stereocenters. The lowest BCUT2D eigenvalue weighted by atomic mass is 10.2. The molecule has 0 aromatic carbocycles. The van der Waals surface area contributed by atoms with Crippen LogP contribution in [0.4, 0.5) is 0 Å². The van der Waals surface area contributed by atoms with E-state index in [1.165, 1.54) is 0 Å². The van der Waals surface area contributed by atoms with Gasteiger partial charge in [0.05, 0.1) is 0 Å². The van der Waals surface area contributed by atoms with Crippen LogP contribution in [-0.4, -0.2) is 12.1 Å². The molecule has 0 aliphatic carbocycles. The van der Waals surface area contributed by atoms with Gasteiger partial charge >= 0.3 is 0 Å². The summed E-state index contributed by atoms with van der Waals surface area (Å²) in [6.07, 6.45) is 4.85. The van der Waals surface area contributed by atoms with Crippen LogP contribution in [-0.2, 0) is 0 Å². The van der Waals surface area contributed by atoms with Crippen LogP contribution in [0.15, 0.2) is 4.99 Å². The van der Waals surface area contributed by atoms with Crippen LogP contribution in [0.3, 0.4) is 0 Å². The molecule has 0 unspecified atom stereocenters. The molecule has 2 heteroatoms. The summed E-state index contributed by atoms with van der Waals surface area (Å²) in [5, 5.41) is 6.99. The third kappa shape index (κ3) is 1.11. The van der Waals surface area contributed by atoms with E-state index in [-0.39, 0.29) is 0 Å². The highest BCUT2D eigenvalue weighted by Gasteiger charge is 1.96. The van der Waals surface area contributed by atoms with Crippen molar-refractivity contribution in [2.24, 2.45) is 4.99 Å². The smallest absolute Gasteiger partial charge is 0.120 e. The van der Waals surface area contributed by atoms with Gasteiger partial charge in [0.1, 0.15) is 5.84 Å². The Hall–Kier alpha value is -0.660. The lowest BCUT2D eigenvalue weighted by Crippen LogP contribution is -1.97. The Balaban J connectivity index is 2.51. The second-order valence-corrected chi connectivity index (χ2v) is 1.65. The van der Waals surface area contributed by atoms with Crippen LogP contribution in [0.2, 0.25) is 0 Å². The van der Waals surface area contributed by atoms with Gasteiger partial charge in [-0.2, -0.15) is 0 Å². The quantitative estimate of drug-likeness (QED) is 0.470. The molecule has 1 N–H and O–H groups in total. The minimum atomic E-state index is 0.534. The summed E-state index contributed by atoms with van der Waals surface area (Å²) in [7, 11) is 0. The molecule has 0 saturated heterocycles. The third-order valence-corrected chi connectivity index (χ3v) is 0.994. The minimum absolute atomic E-state index is 0.534. The van der Waals surface area contributed by atoms with Crippen molar-refractivity contribution in [3.05, 3.63) is 0 Å². The van der Waals surface area contributed by atoms with Crippen molar-refractivity contribution >= 4 is 12.1 Å². The summed E-state index contributed by atoms with van der Waals surface area (Å²) in [4.78, 5) is 3.79. The number of hydrogen-bond donors (Lipinski definition) is 1. The van der Waals surface area contributed by atoms with E-state index >= 15 is 0 Å². The standard InChI is InChI=1S/C5H8N2/c6-5-3-1-2-4-7-5/h4,6H,1-3H2. The van der Waals surface area contributed by atoms with Gasteiger partial charge in [-0.05, 0) is 12.8 Å². The average molecular weight is 96.1 g/mol. The van der Waals surface area contributed by atoms with E-state index in [1.807, 2.05) is 6.21 Å². The zero-order chi connectivity index (χ0) is 5.11. The van der Waals surface area contributed by atoms with Crippen LogP contribution < -0.4 is 0 Å². The van der Waals surface area contributed by atoms with Gasteiger partial charge in [0.15, 0.2) is 0 Å². The molecular formula is C5H8N2. The zero-order valence-electron chi connectivity index (χ0n) is 4.15. The molecule has 1 rings (SSSR count). The molecule has 2 nitrogen and oxygen atoms in total. The monoisotopic (exact) mass is 96.1 g/mol. The molecule has 0 radical (unpaired) electrons. The molecule has 0 spiro atoms. The molecule has 38 valence electrons. The Bertz CT molecular complexity index is 105. The molecule has 0 bridgehead atoms. The van der Waals surface area contributed by atoms with Gasteiger partial charge < -0.3 is 0 Å². The SMILES string of the molecule is N=C1CCCC=N1. The largest absolute Gasteiger partial charge is 0.287 e. The van der Waals surface area contributed by atoms with Gasteiger partial charge in [-0.1, -0.05) is 0 Å². The van der Waals surface area contributed by atoms with Gasteiger partial charge in [-0.15, -0.1) is 0 Å². The van der Waals surface area contributed by atoms with Gasteiger partial charge in [0.2, 0.25) is 0 Å². The fourth-order valence-corrected chi connectivity index (χ4v) is 0.600. The van der Waals surface area contributed by atoms with Crippen molar-refractivity contribution in [3.8, 4) is 0 Å². The van der Waals surface area contributed by atoms with Crippen molar-refractivity contribution in [1.82, 2.24) is 0 Å². The fourth-order valence-electron chi connectivity index (χ4n) is 0.600. The molecule has 1 aliphatic heterocycles.